The Bertz CT molecular complexity index is 532. The summed E-state index contributed by atoms with van der Waals surface area (Å²) in [4.78, 5) is 10.6. The third-order valence-electron chi connectivity index (χ3n) is 2.38. The highest BCUT2D eigenvalue weighted by atomic mass is 35.5. The number of carbonyl (C=O) groups excluding carboxylic acids is 1. The van der Waals surface area contributed by atoms with Crippen LogP contribution in [0.5, 0.6) is 11.5 Å². The summed E-state index contributed by atoms with van der Waals surface area (Å²) in [6.45, 7) is 1.90. The van der Waals surface area contributed by atoms with Crippen LogP contribution in [-0.4, -0.2) is 6.29 Å². The van der Waals surface area contributed by atoms with Crippen LogP contribution in [0.25, 0.3) is 0 Å². The largest absolute Gasteiger partial charge is 0.457 e. The van der Waals surface area contributed by atoms with Gasteiger partial charge in [-0.2, -0.15) is 0 Å². The molecule has 0 spiro atoms. The molecular weight excluding hydrogens is 236 g/mol. The maximum Gasteiger partial charge on any atom is 0.150 e. The van der Waals surface area contributed by atoms with Crippen LogP contribution in [0, 0.1) is 6.92 Å². The predicted octanol–water partition coefficient (Wildman–Crippen LogP) is 4.25. The van der Waals surface area contributed by atoms with E-state index in [9.17, 15) is 4.79 Å². The van der Waals surface area contributed by atoms with Gasteiger partial charge in [-0.25, -0.2) is 0 Å². The smallest absolute Gasteiger partial charge is 0.150 e. The number of carbonyl (C=O) groups is 1. The van der Waals surface area contributed by atoms with E-state index in [1.807, 2.05) is 6.92 Å². The van der Waals surface area contributed by atoms with Crippen LogP contribution in [0.3, 0.4) is 0 Å². The summed E-state index contributed by atoms with van der Waals surface area (Å²) in [5.41, 5.74) is 1.57. The van der Waals surface area contributed by atoms with Gasteiger partial charge < -0.3 is 4.74 Å². The number of halogens is 1. The van der Waals surface area contributed by atoms with Gasteiger partial charge in [-0.15, -0.1) is 0 Å². The molecule has 0 aliphatic carbocycles. The van der Waals surface area contributed by atoms with Gasteiger partial charge in [0.1, 0.15) is 17.8 Å². The zero-order valence-electron chi connectivity index (χ0n) is 9.31. The van der Waals surface area contributed by atoms with Crippen LogP contribution in [0.15, 0.2) is 42.5 Å². The van der Waals surface area contributed by atoms with Crippen molar-refractivity contribution >= 4 is 17.9 Å². The average Bonchev–Trinajstić information content (AvgIpc) is 2.34. The summed E-state index contributed by atoms with van der Waals surface area (Å²) < 4.78 is 5.69. The Morgan fingerprint density at radius 1 is 1.12 bits per heavy atom. The molecule has 0 amide bonds. The second-order valence-corrected chi connectivity index (χ2v) is 4.14. The molecule has 0 fully saturated rings. The fraction of sp³-hybridized carbons (Fsp3) is 0.0714. The van der Waals surface area contributed by atoms with E-state index in [4.69, 9.17) is 16.3 Å². The first-order valence-electron chi connectivity index (χ1n) is 5.18. The van der Waals surface area contributed by atoms with Gasteiger partial charge in [-0.1, -0.05) is 11.6 Å². The molecule has 2 aromatic carbocycles. The van der Waals surface area contributed by atoms with Crippen molar-refractivity contribution in [1.82, 2.24) is 0 Å². The average molecular weight is 247 g/mol. The summed E-state index contributed by atoms with van der Waals surface area (Å²) in [6.07, 6.45) is 0.819. The molecule has 0 heterocycles. The second kappa shape index (κ2) is 5.02. The van der Waals surface area contributed by atoms with E-state index in [1.54, 1.807) is 42.5 Å². The highest BCUT2D eigenvalue weighted by molar-refractivity contribution is 6.30. The normalized spacial score (nSPS) is 10.0. The van der Waals surface area contributed by atoms with E-state index in [-0.39, 0.29) is 0 Å². The van der Waals surface area contributed by atoms with Crippen molar-refractivity contribution in [3.63, 3.8) is 0 Å². The third kappa shape index (κ3) is 2.86. The van der Waals surface area contributed by atoms with Crippen molar-refractivity contribution in [1.29, 1.82) is 0 Å². The fourth-order valence-corrected chi connectivity index (χ4v) is 1.62. The van der Waals surface area contributed by atoms with Gasteiger partial charge in [0.25, 0.3) is 0 Å². The Morgan fingerprint density at radius 3 is 2.41 bits per heavy atom. The Labute approximate surface area is 105 Å². The lowest BCUT2D eigenvalue weighted by molar-refractivity contribution is 0.112. The van der Waals surface area contributed by atoms with E-state index in [1.165, 1.54) is 0 Å². The van der Waals surface area contributed by atoms with E-state index in [0.29, 0.717) is 10.6 Å². The van der Waals surface area contributed by atoms with Gasteiger partial charge >= 0.3 is 0 Å². The number of aldehydes is 1. The molecule has 0 saturated heterocycles. The number of rotatable bonds is 3. The van der Waals surface area contributed by atoms with Crippen LogP contribution in [0.1, 0.15) is 15.9 Å². The minimum Gasteiger partial charge on any atom is -0.457 e. The lowest BCUT2D eigenvalue weighted by Gasteiger charge is -2.08. The van der Waals surface area contributed by atoms with E-state index >= 15 is 0 Å². The Hall–Kier alpha value is -1.80. The highest BCUT2D eigenvalue weighted by Gasteiger charge is 2.02. The minimum absolute atomic E-state index is 0.644. The summed E-state index contributed by atoms with van der Waals surface area (Å²) in [5.74, 6) is 1.45. The monoisotopic (exact) mass is 246 g/mol. The van der Waals surface area contributed by atoms with E-state index in [0.717, 1.165) is 23.3 Å². The zero-order valence-corrected chi connectivity index (χ0v) is 10.1. The number of benzene rings is 2. The highest BCUT2D eigenvalue weighted by Crippen LogP contribution is 2.26. The van der Waals surface area contributed by atoms with Gasteiger partial charge in [0.15, 0.2) is 0 Å². The Balaban J connectivity index is 2.24. The molecule has 2 aromatic rings. The van der Waals surface area contributed by atoms with Crippen molar-refractivity contribution in [2.24, 2.45) is 0 Å². The summed E-state index contributed by atoms with van der Waals surface area (Å²) >= 11 is 5.79. The number of hydrogen-bond acceptors (Lipinski definition) is 2. The molecule has 0 aliphatic heterocycles. The lowest BCUT2D eigenvalue weighted by Crippen LogP contribution is -1.89. The maximum atomic E-state index is 10.6. The molecule has 0 aliphatic rings. The van der Waals surface area contributed by atoms with Crippen LogP contribution < -0.4 is 4.74 Å². The molecule has 86 valence electrons. The molecule has 0 aromatic heterocycles. The topological polar surface area (TPSA) is 26.3 Å². The minimum atomic E-state index is 0.644. The number of hydrogen-bond donors (Lipinski definition) is 0. The molecule has 0 radical (unpaired) electrons. The Kier molecular flexibility index (Phi) is 3.45. The SMILES string of the molecule is Cc1cc(C=O)ccc1Oc1ccc(Cl)cc1. The van der Waals surface area contributed by atoms with Crippen molar-refractivity contribution in [2.45, 2.75) is 6.92 Å². The summed E-state index contributed by atoms with van der Waals surface area (Å²) in [6, 6.07) is 12.4. The molecule has 2 rings (SSSR count). The van der Waals surface area contributed by atoms with Crippen molar-refractivity contribution in [3.8, 4) is 11.5 Å². The predicted molar refractivity (Wildman–Crippen MR) is 68.1 cm³/mol. The maximum absolute atomic E-state index is 10.6. The summed E-state index contributed by atoms with van der Waals surface area (Å²) in [5, 5.41) is 0.672. The lowest BCUT2D eigenvalue weighted by atomic mass is 10.1. The fourth-order valence-electron chi connectivity index (χ4n) is 1.49. The molecule has 3 heteroatoms. The van der Waals surface area contributed by atoms with Gasteiger partial charge in [-0.3, -0.25) is 4.79 Å². The van der Waals surface area contributed by atoms with Gasteiger partial charge in [-0.05, 0) is 55.0 Å². The standard InChI is InChI=1S/C14H11ClO2/c1-10-8-11(9-16)2-7-14(10)17-13-5-3-12(15)4-6-13/h2-9H,1H3. The van der Waals surface area contributed by atoms with E-state index < -0.39 is 0 Å². The second-order valence-electron chi connectivity index (χ2n) is 3.70. The van der Waals surface area contributed by atoms with Gasteiger partial charge in [0.05, 0.1) is 0 Å². The van der Waals surface area contributed by atoms with Crippen molar-refractivity contribution in [2.75, 3.05) is 0 Å². The van der Waals surface area contributed by atoms with Crippen molar-refractivity contribution < 1.29 is 9.53 Å². The van der Waals surface area contributed by atoms with Gasteiger partial charge in [0.2, 0.25) is 0 Å². The molecule has 0 bridgehead atoms. The number of ether oxygens (including phenoxy) is 1. The quantitative estimate of drug-likeness (QED) is 0.757. The van der Waals surface area contributed by atoms with Gasteiger partial charge in [0, 0.05) is 10.6 Å². The van der Waals surface area contributed by atoms with Crippen LogP contribution in [0.2, 0.25) is 5.02 Å². The zero-order chi connectivity index (χ0) is 12.3. The third-order valence-corrected chi connectivity index (χ3v) is 2.63. The molecule has 2 nitrogen and oxygen atoms in total. The molecule has 0 saturated carbocycles. The molecule has 0 atom stereocenters. The number of aryl methyl sites for hydroxylation is 1. The van der Waals surface area contributed by atoms with Crippen LogP contribution in [-0.2, 0) is 0 Å². The molecule has 17 heavy (non-hydrogen) atoms. The Morgan fingerprint density at radius 2 is 1.82 bits per heavy atom. The molecular formula is C14H11ClO2. The first kappa shape index (κ1) is 11.7. The molecule has 0 unspecified atom stereocenters. The summed E-state index contributed by atoms with van der Waals surface area (Å²) in [7, 11) is 0. The van der Waals surface area contributed by atoms with E-state index in [2.05, 4.69) is 0 Å². The van der Waals surface area contributed by atoms with Crippen molar-refractivity contribution in [3.05, 3.63) is 58.6 Å². The first-order chi connectivity index (χ1) is 8.19. The molecule has 0 N–H and O–H groups in total. The van der Waals surface area contributed by atoms with Crippen LogP contribution in [0.4, 0.5) is 0 Å². The van der Waals surface area contributed by atoms with Crippen LogP contribution >= 0.6 is 11.6 Å². The first-order valence-corrected chi connectivity index (χ1v) is 5.56.